The van der Waals surface area contributed by atoms with Crippen LogP contribution in [-0.2, 0) is 14.4 Å². The molecule has 95 heavy (non-hydrogen) atoms. The third-order valence-electron chi connectivity index (χ3n) is 20.1. The molecule has 514 valence electrons. The van der Waals surface area contributed by atoms with Crippen LogP contribution in [0, 0.1) is 46.0 Å². The number of hydrogen-bond donors (Lipinski definition) is 2. The fourth-order valence-corrected chi connectivity index (χ4v) is 14.4. The molecule has 2 aliphatic carbocycles. The standard InChI is InChI=1S/C24H30FN7O.C15H19N3O.C11H18O.C9H12ClFN4.C5H12N2.C4HCl2FN2/c1-29-13-15-30(16-14-29)22-20(25)17-26-24(28-22)31-11-8-19(9-12-31)23(33)32-21(7-10-27-32)18-5-3-2-4-6-18;19-15(13-6-9-16-10-7-13)18-14(8-11-17-18)12-4-2-1-3-5-12;1-4-11-6-5-8(7-9(11)12)10(11,2)3;1-14-2-4-15(5-3-14)8-7(11)6-12-9(10)13-8;1-7-4-2-6-3-5-7;5-3-2(7)1-8-4(6)9-3/h2-6,10,17,19,21H,7-9,11-16H2,1H3;1-5,11,13-14,16H,6-10H2;8H,4-7H2,1-3H3;6H,2-5H2,1H3;6H,2-5H2,1H3;1H/t21-;14-;8?,11-;;;/m000.../s1. The average molecular weight is 1370 g/mol. The molecule has 9 aliphatic rings. The van der Waals surface area contributed by atoms with Crippen LogP contribution in [0.4, 0.5) is 30.8 Å². The van der Waals surface area contributed by atoms with Crippen molar-refractivity contribution in [3.8, 4) is 0 Å². The fraction of sp³-hybridized carbons (Fsp3) is 0.574. The minimum Gasteiger partial charge on any atom is -0.351 e. The van der Waals surface area contributed by atoms with Crippen LogP contribution in [0.2, 0.25) is 15.7 Å². The summed E-state index contributed by atoms with van der Waals surface area (Å²) in [7, 11) is 6.27. The summed E-state index contributed by atoms with van der Waals surface area (Å²) in [6.07, 6.45) is 16.2. The summed E-state index contributed by atoms with van der Waals surface area (Å²) >= 11 is 16.1. The Morgan fingerprint density at radius 2 is 1.00 bits per heavy atom. The minimum absolute atomic E-state index is 0.0247. The zero-order chi connectivity index (χ0) is 67.7. The van der Waals surface area contributed by atoms with Crippen LogP contribution in [0.25, 0.3) is 0 Å². The Balaban J connectivity index is 0.000000146. The number of ketones is 1. The number of Topliss-reactive ketones (excluding diaryl/α,β-unsaturated/α-hetero) is 1. The fourth-order valence-electron chi connectivity index (χ4n) is 13.9. The lowest BCUT2D eigenvalue weighted by molar-refractivity contribution is -0.138. The number of carbonyl (C=O) groups excluding carboxylic acids is 3. The minimum atomic E-state index is -0.666. The van der Waals surface area contributed by atoms with Gasteiger partial charge < -0.3 is 40.0 Å². The number of hydrogen-bond acceptors (Lipinski definition) is 19. The second kappa shape index (κ2) is 34.6. The van der Waals surface area contributed by atoms with Crippen molar-refractivity contribution < 1.29 is 27.6 Å². The van der Waals surface area contributed by atoms with Gasteiger partial charge in [-0.1, -0.05) is 93.0 Å². The topological polar surface area (TPSA) is 203 Å². The molecule has 7 aliphatic heterocycles. The quantitative estimate of drug-likeness (QED) is 0.110. The molecule has 0 radical (unpaired) electrons. The van der Waals surface area contributed by atoms with Crippen molar-refractivity contribution in [2.24, 2.45) is 38.8 Å². The van der Waals surface area contributed by atoms with Gasteiger partial charge >= 0.3 is 0 Å². The van der Waals surface area contributed by atoms with Gasteiger partial charge in [-0.15, -0.1) is 0 Å². The van der Waals surface area contributed by atoms with Gasteiger partial charge in [0.1, 0.15) is 5.78 Å². The number of halogens is 6. The molecule has 7 fully saturated rings. The predicted molar refractivity (Wildman–Crippen MR) is 368 cm³/mol. The number of piperazine rings is 3. The van der Waals surface area contributed by atoms with Crippen molar-refractivity contribution in [1.29, 1.82) is 0 Å². The highest BCUT2D eigenvalue weighted by Gasteiger charge is 2.62. The van der Waals surface area contributed by atoms with Gasteiger partial charge in [-0.2, -0.15) is 20.2 Å². The van der Waals surface area contributed by atoms with Crippen LogP contribution in [0.3, 0.4) is 0 Å². The van der Waals surface area contributed by atoms with Gasteiger partial charge in [0.15, 0.2) is 34.2 Å². The number of piperidine rings is 2. The van der Waals surface area contributed by atoms with E-state index in [1.165, 1.54) is 31.3 Å². The van der Waals surface area contributed by atoms with Crippen molar-refractivity contribution in [2.45, 2.75) is 97.1 Å². The summed E-state index contributed by atoms with van der Waals surface area (Å²) in [4.78, 5) is 73.3. The number of carbonyl (C=O) groups is 3. The first-order chi connectivity index (χ1) is 45.8. The second-order valence-electron chi connectivity index (χ2n) is 26.2. The molecule has 2 N–H and O–H groups in total. The summed E-state index contributed by atoms with van der Waals surface area (Å²) in [5.74, 6) is 1.31. The molecule has 5 saturated heterocycles. The van der Waals surface area contributed by atoms with E-state index in [2.05, 4.69) is 117 Å². The van der Waals surface area contributed by atoms with Gasteiger partial charge in [0.25, 0.3) is 0 Å². The maximum atomic E-state index is 14.5. The number of anilines is 3. The van der Waals surface area contributed by atoms with E-state index in [0.29, 0.717) is 60.6 Å². The Hall–Kier alpha value is -6.51. The van der Waals surface area contributed by atoms with E-state index in [1.807, 2.05) is 77.8 Å². The summed E-state index contributed by atoms with van der Waals surface area (Å²) < 4.78 is 40.1. The van der Waals surface area contributed by atoms with Crippen molar-refractivity contribution in [3.63, 3.8) is 0 Å². The highest BCUT2D eigenvalue weighted by Crippen LogP contribution is 2.65. The smallest absolute Gasteiger partial charge is 0.246 e. The molecule has 1 unspecified atom stereocenters. The summed E-state index contributed by atoms with van der Waals surface area (Å²) in [6.45, 7) is 21.3. The molecule has 10 heterocycles. The van der Waals surface area contributed by atoms with Crippen LogP contribution in [0.5, 0.6) is 0 Å². The Kier molecular flexibility index (Phi) is 26.5. The number of rotatable bonds is 8. The molecule has 14 rings (SSSR count). The molecule has 21 nitrogen and oxygen atoms in total. The molecular formula is C68H92Cl3F3N18O3. The van der Waals surface area contributed by atoms with E-state index in [0.717, 1.165) is 141 Å². The zero-order valence-electron chi connectivity index (χ0n) is 55.6. The first-order valence-electron chi connectivity index (χ1n) is 33.4. The molecule has 0 spiro atoms. The number of nitrogens with one attached hydrogen (secondary N) is 2. The highest BCUT2D eigenvalue weighted by atomic mass is 35.5. The van der Waals surface area contributed by atoms with Crippen molar-refractivity contribution in [3.05, 3.63) is 124 Å². The molecule has 4 atom stereocenters. The average Bonchev–Trinajstić information content (AvgIpc) is 1.56. The number of fused-ring (bicyclic) bond motifs is 2. The molecule has 3 aromatic heterocycles. The van der Waals surface area contributed by atoms with E-state index in [-0.39, 0.29) is 62.7 Å². The van der Waals surface area contributed by atoms with Crippen LogP contribution < -0.4 is 25.3 Å². The lowest BCUT2D eigenvalue weighted by atomic mass is 9.67. The SMILES string of the molecule is CC[C@]12CCC(CC1=O)C2(C)C.CN1CCN(c2nc(Cl)ncc2F)CC1.CN1CCN(c2nc(N3CCC(C(=O)N4N=CC[C@H]4c4ccccc4)CC3)ncc2F)CC1.CN1CCNCC1.Fc1cnc(Cl)nc1Cl.O=C(C1CCNCC1)N1N=CC[C@H]1c1ccccc1. The molecule has 5 aromatic rings. The normalized spacial score (nSPS) is 23.7. The van der Waals surface area contributed by atoms with E-state index in [1.54, 1.807) is 10.0 Å². The number of likely N-dealkylation sites (N-methyl/N-ethyl adjacent to an activating group) is 3. The third-order valence-corrected chi connectivity index (χ3v) is 20.7. The van der Waals surface area contributed by atoms with Gasteiger partial charge in [-0.05, 0) is 125 Å². The number of benzene rings is 2. The molecule has 2 saturated carbocycles. The first-order valence-corrected chi connectivity index (χ1v) is 34.5. The molecule has 27 heteroatoms. The number of hydrazone groups is 2. The Labute approximate surface area is 572 Å². The predicted octanol–water partition coefficient (Wildman–Crippen LogP) is 9.75. The maximum Gasteiger partial charge on any atom is 0.246 e. The summed E-state index contributed by atoms with van der Waals surface area (Å²) in [5.41, 5.74) is 2.63. The summed E-state index contributed by atoms with van der Waals surface area (Å²) in [5, 5.41) is 18.4. The lowest BCUT2D eigenvalue weighted by Gasteiger charge is -2.35. The zero-order valence-corrected chi connectivity index (χ0v) is 57.8. The van der Waals surface area contributed by atoms with E-state index in [4.69, 9.17) is 34.8 Å². The number of amides is 2. The van der Waals surface area contributed by atoms with Crippen molar-refractivity contribution in [2.75, 3.05) is 141 Å². The molecule has 2 bridgehead atoms. The van der Waals surface area contributed by atoms with Gasteiger partial charge in [0, 0.05) is 141 Å². The van der Waals surface area contributed by atoms with Gasteiger partial charge in [-0.3, -0.25) is 14.4 Å². The Morgan fingerprint density at radius 1 is 0.547 bits per heavy atom. The van der Waals surface area contributed by atoms with Crippen LogP contribution in [0.1, 0.15) is 108 Å². The van der Waals surface area contributed by atoms with Crippen LogP contribution in [0.15, 0.2) is 89.5 Å². The van der Waals surface area contributed by atoms with Crippen molar-refractivity contribution >= 4 is 82.4 Å². The Morgan fingerprint density at radius 3 is 1.43 bits per heavy atom. The number of aromatic nitrogens is 6. The third kappa shape index (κ3) is 18.8. The van der Waals surface area contributed by atoms with Crippen LogP contribution >= 0.6 is 34.8 Å². The van der Waals surface area contributed by atoms with Gasteiger partial charge in [0.05, 0.1) is 30.7 Å². The second-order valence-corrected chi connectivity index (χ2v) is 27.2. The van der Waals surface area contributed by atoms with Crippen molar-refractivity contribution in [1.82, 2.24) is 65.3 Å². The lowest BCUT2D eigenvalue weighted by Crippen LogP contribution is -2.45. The molecule has 2 amide bonds. The maximum absolute atomic E-state index is 14.5. The summed E-state index contributed by atoms with van der Waals surface area (Å²) in [6, 6.07) is 20.3. The van der Waals surface area contributed by atoms with Gasteiger partial charge in [0.2, 0.25) is 28.3 Å². The monoisotopic (exact) mass is 1370 g/mol. The van der Waals surface area contributed by atoms with E-state index >= 15 is 0 Å². The van der Waals surface area contributed by atoms with Gasteiger partial charge in [-0.25, -0.2) is 43.1 Å². The van der Waals surface area contributed by atoms with E-state index in [9.17, 15) is 27.6 Å². The largest absolute Gasteiger partial charge is 0.351 e. The van der Waals surface area contributed by atoms with E-state index < -0.39 is 11.6 Å². The highest BCUT2D eigenvalue weighted by molar-refractivity contribution is 6.31. The van der Waals surface area contributed by atoms with Crippen LogP contribution in [-0.4, -0.2) is 211 Å². The number of nitrogens with zero attached hydrogens (tertiary/aromatic N) is 16. The first kappa shape index (κ1) is 72.8. The molecule has 2 aromatic carbocycles. The molecular weight excluding hydrogens is 1280 g/mol. The Bertz CT molecular complexity index is 3350.